The average Bonchev–Trinajstić information content (AvgIpc) is 3.00. The molecule has 29 heavy (non-hydrogen) atoms. The second-order valence-corrected chi connectivity index (χ2v) is 7.13. The minimum Gasteiger partial charge on any atom is -0.465 e. The number of rotatable bonds is 6. The summed E-state index contributed by atoms with van der Waals surface area (Å²) in [7, 11) is 2.59. The molecule has 0 radical (unpaired) electrons. The highest BCUT2D eigenvalue weighted by atomic mass is 16.5. The first-order chi connectivity index (χ1) is 14.1. The summed E-state index contributed by atoms with van der Waals surface area (Å²) in [4.78, 5) is 28.9. The van der Waals surface area contributed by atoms with Crippen molar-refractivity contribution in [2.45, 2.75) is 25.7 Å². The average molecular weight is 396 g/mol. The number of carbonyl (C=O) groups is 2. The highest BCUT2D eigenvalue weighted by molar-refractivity contribution is 6.05. The maximum Gasteiger partial charge on any atom is 0.355 e. The van der Waals surface area contributed by atoms with Crippen molar-refractivity contribution < 1.29 is 19.1 Å². The lowest BCUT2D eigenvalue weighted by molar-refractivity contribution is -0.139. The molecule has 6 nitrogen and oxygen atoms in total. The summed E-state index contributed by atoms with van der Waals surface area (Å²) in [5, 5.41) is 0. The van der Waals surface area contributed by atoms with Gasteiger partial charge >= 0.3 is 11.9 Å². The zero-order chi connectivity index (χ0) is 20.6. The fourth-order valence-corrected chi connectivity index (χ4v) is 3.66. The fraction of sp³-hybridized carbons (Fsp3) is 0.391. The summed E-state index contributed by atoms with van der Waals surface area (Å²) in [6.07, 6.45) is 11.7. The number of allylic oxidation sites excluding steroid dienone is 2. The third kappa shape index (κ3) is 5.15. The largest absolute Gasteiger partial charge is 0.465 e. The van der Waals surface area contributed by atoms with Crippen LogP contribution in [-0.4, -0.2) is 50.7 Å². The number of esters is 2. The Labute approximate surface area is 172 Å². The van der Waals surface area contributed by atoms with Crippen LogP contribution in [0.2, 0.25) is 0 Å². The molecule has 2 heterocycles. The van der Waals surface area contributed by atoms with Gasteiger partial charge in [-0.3, -0.25) is 0 Å². The normalized spacial score (nSPS) is 17.2. The van der Waals surface area contributed by atoms with Crippen molar-refractivity contribution in [3.63, 3.8) is 0 Å². The number of carbonyl (C=O) groups excluding carboxylic acids is 2. The lowest BCUT2D eigenvalue weighted by Gasteiger charge is -2.26. The van der Waals surface area contributed by atoms with Crippen LogP contribution in [-0.2, 0) is 25.5 Å². The second-order valence-electron chi connectivity index (χ2n) is 7.13. The summed E-state index contributed by atoms with van der Waals surface area (Å²) in [6, 6.07) is 8.05. The third-order valence-corrected chi connectivity index (χ3v) is 5.27. The maximum atomic E-state index is 12.5. The van der Waals surface area contributed by atoms with E-state index in [-0.39, 0.29) is 11.3 Å². The van der Waals surface area contributed by atoms with Gasteiger partial charge in [0.25, 0.3) is 0 Å². The van der Waals surface area contributed by atoms with E-state index >= 15 is 0 Å². The van der Waals surface area contributed by atoms with E-state index in [4.69, 9.17) is 9.47 Å². The van der Waals surface area contributed by atoms with Crippen molar-refractivity contribution in [3.05, 3.63) is 65.5 Å². The molecule has 154 valence electrons. The van der Waals surface area contributed by atoms with Gasteiger partial charge in [0, 0.05) is 18.4 Å². The quantitative estimate of drug-likeness (QED) is 0.689. The fourth-order valence-electron chi connectivity index (χ4n) is 3.66. The van der Waals surface area contributed by atoms with Crippen LogP contribution < -0.4 is 4.90 Å². The molecular formula is C23H28N2O4. The monoisotopic (exact) mass is 396 g/mol. The molecule has 0 saturated carbocycles. The highest BCUT2D eigenvalue weighted by Crippen LogP contribution is 2.26. The summed E-state index contributed by atoms with van der Waals surface area (Å²) in [5.41, 5.74) is 2.30. The Morgan fingerprint density at radius 3 is 2.28 bits per heavy atom. The van der Waals surface area contributed by atoms with Crippen LogP contribution in [0.1, 0.15) is 24.8 Å². The van der Waals surface area contributed by atoms with E-state index < -0.39 is 11.9 Å². The number of likely N-dealkylation sites (tertiary alicyclic amines) is 1. The van der Waals surface area contributed by atoms with Crippen molar-refractivity contribution in [3.8, 4) is 0 Å². The zero-order valence-corrected chi connectivity index (χ0v) is 17.1. The number of methoxy groups -OCH3 is 2. The van der Waals surface area contributed by atoms with Gasteiger partial charge in [-0.05, 0) is 62.2 Å². The summed E-state index contributed by atoms with van der Waals surface area (Å²) < 4.78 is 9.78. The first-order valence-electron chi connectivity index (χ1n) is 10.0. The molecule has 0 spiro atoms. The number of hydrogen-bond acceptors (Lipinski definition) is 6. The zero-order valence-electron chi connectivity index (χ0n) is 17.1. The van der Waals surface area contributed by atoms with Crippen LogP contribution in [0.4, 0.5) is 5.69 Å². The Morgan fingerprint density at radius 2 is 1.62 bits per heavy atom. The molecular weight excluding hydrogens is 368 g/mol. The van der Waals surface area contributed by atoms with Gasteiger partial charge in [-0.1, -0.05) is 24.6 Å². The van der Waals surface area contributed by atoms with Crippen LogP contribution in [0.15, 0.2) is 60.0 Å². The van der Waals surface area contributed by atoms with E-state index in [2.05, 4.69) is 17.0 Å². The smallest absolute Gasteiger partial charge is 0.355 e. The summed E-state index contributed by atoms with van der Waals surface area (Å²) >= 11 is 0. The first-order valence-corrected chi connectivity index (χ1v) is 10.0. The van der Waals surface area contributed by atoms with Crippen LogP contribution in [0.5, 0.6) is 0 Å². The SMILES string of the molecule is COC(=O)C1=C(C(=O)OC)N(c2ccc(CCN3CCCCC3)cc2)C=CC=C1. The van der Waals surface area contributed by atoms with Crippen LogP contribution >= 0.6 is 0 Å². The van der Waals surface area contributed by atoms with Crippen molar-refractivity contribution >= 4 is 17.6 Å². The van der Waals surface area contributed by atoms with Gasteiger partial charge in [0.05, 0.1) is 19.8 Å². The van der Waals surface area contributed by atoms with Gasteiger partial charge in [-0.25, -0.2) is 9.59 Å². The number of ether oxygens (including phenoxy) is 2. The molecule has 1 fully saturated rings. The predicted molar refractivity (Wildman–Crippen MR) is 112 cm³/mol. The molecule has 0 atom stereocenters. The lowest BCUT2D eigenvalue weighted by atomic mass is 10.1. The van der Waals surface area contributed by atoms with Gasteiger partial charge in [-0.2, -0.15) is 0 Å². The lowest BCUT2D eigenvalue weighted by Crippen LogP contribution is -2.31. The molecule has 2 aliphatic rings. The third-order valence-electron chi connectivity index (χ3n) is 5.27. The standard InChI is InChI=1S/C23H28N2O4/c1-28-22(26)20-8-4-7-16-25(21(20)23(27)29-2)19-11-9-18(10-12-19)13-17-24-14-5-3-6-15-24/h4,7-12,16H,3,5-6,13-15,17H2,1-2H3. The molecule has 0 aromatic heterocycles. The first kappa shape index (κ1) is 20.9. The van der Waals surface area contributed by atoms with Crippen LogP contribution in [0, 0.1) is 0 Å². The van der Waals surface area contributed by atoms with Gasteiger partial charge in [-0.15, -0.1) is 0 Å². The van der Waals surface area contributed by atoms with E-state index in [0.29, 0.717) is 0 Å². The predicted octanol–water partition coefficient (Wildman–Crippen LogP) is 3.21. The topological polar surface area (TPSA) is 59.1 Å². The van der Waals surface area contributed by atoms with Gasteiger partial charge < -0.3 is 19.3 Å². The molecule has 1 aromatic rings. The Hall–Kier alpha value is -2.86. The second kappa shape index (κ2) is 10.1. The van der Waals surface area contributed by atoms with Crippen molar-refractivity contribution in [1.82, 2.24) is 4.90 Å². The molecule has 0 unspecified atom stereocenters. The van der Waals surface area contributed by atoms with Crippen molar-refractivity contribution in [2.24, 2.45) is 0 Å². The molecule has 0 bridgehead atoms. The molecule has 6 heteroatoms. The Bertz CT molecular complexity index is 818. The minimum absolute atomic E-state index is 0.130. The van der Waals surface area contributed by atoms with Gasteiger partial charge in [0.15, 0.2) is 0 Å². The van der Waals surface area contributed by atoms with Gasteiger partial charge in [0.1, 0.15) is 5.70 Å². The molecule has 1 aromatic carbocycles. The van der Waals surface area contributed by atoms with Crippen molar-refractivity contribution in [2.75, 3.05) is 38.8 Å². The van der Waals surface area contributed by atoms with E-state index in [1.807, 2.05) is 12.1 Å². The molecule has 0 amide bonds. The number of hydrogen-bond donors (Lipinski definition) is 0. The number of anilines is 1. The van der Waals surface area contributed by atoms with Gasteiger partial charge in [0.2, 0.25) is 0 Å². The van der Waals surface area contributed by atoms with E-state index in [9.17, 15) is 9.59 Å². The van der Waals surface area contributed by atoms with Crippen LogP contribution in [0.25, 0.3) is 0 Å². The Morgan fingerprint density at radius 1 is 0.931 bits per heavy atom. The Balaban J connectivity index is 1.81. The van der Waals surface area contributed by atoms with E-state index in [0.717, 1.165) is 18.7 Å². The molecule has 3 rings (SSSR count). The van der Waals surface area contributed by atoms with E-state index in [1.54, 1.807) is 29.3 Å². The molecule has 0 aliphatic carbocycles. The Kier molecular flexibility index (Phi) is 7.25. The van der Waals surface area contributed by atoms with Crippen LogP contribution in [0.3, 0.4) is 0 Å². The summed E-state index contributed by atoms with van der Waals surface area (Å²) in [6.45, 7) is 3.44. The van der Waals surface area contributed by atoms with Crippen molar-refractivity contribution in [1.29, 1.82) is 0 Å². The molecule has 0 N–H and O–H groups in total. The number of benzene rings is 1. The number of piperidine rings is 1. The number of nitrogens with zero attached hydrogens (tertiary/aromatic N) is 2. The van der Waals surface area contributed by atoms with E-state index in [1.165, 1.54) is 52.1 Å². The highest BCUT2D eigenvalue weighted by Gasteiger charge is 2.27. The maximum absolute atomic E-state index is 12.5. The molecule has 1 saturated heterocycles. The summed E-state index contributed by atoms with van der Waals surface area (Å²) in [5.74, 6) is -1.19. The molecule has 2 aliphatic heterocycles. The minimum atomic E-state index is -0.601.